The third-order valence-corrected chi connectivity index (χ3v) is 6.55. The van der Waals surface area contributed by atoms with Crippen LogP contribution in [0.4, 0.5) is 23.9 Å². The van der Waals surface area contributed by atoms with E-state index in [0.29, 0.717) is 20.5 Å². The van der Waals surface area contributed by atoms with Crippen molar-refractivity contribution in [2.24, 2.45) is 0 Å². The van der Waals surface area contributed by atoms with E-state index in [2.05, 4.69) is 10.6 Å². The van der Waals surface area contributed by atoms with Crippen LogP contribution in [0.5, 0.6) is 0 Å². The number of fused-ring (bicyclic) bond motifs is 1. The molecule has 160 valence electrons. The number of thiophene rings is 1. The quantitative estimate of drug-likeness (QED) is 0.467. The standard InChI is InChI=1S/C22H16ClF3N2O2S/c1-11-18-16(12-4-2-6-14(23)8-12)10-17(29)28-21(18)31-19(11)20(30)27-15-7-3-5-13(9-15)22(24,25)26/h2-9,16H,10H2,1H3,(H,27,30)(H,28,29)/t16-/m1/s1. The SMILES string of the molecule is Cc1c(C(=O)Nc2cccc(C(F)(F)F)c2)sc2c1[C@@H](c1cccc(Cl)c1)CC(=O)N2. The highest BCUT2D eigenvalue weighted by Crippen LogP contribution is 2.45. The lowest BCUT2D eigenvalue weighted by Crippen LogP contribution is -2.22. The summed E-state index contributed by atoms with van der Waals surface area (Å²) in [5, 5.41) is 6.44. The van der Waals surface area contributed by atoms with Crippen molar-refractivity contribution in [3.05, 3.63) is 80.7 Å². The fraction of sp³-hybridized carbons (Fsp3) is 0.182. The summed E-state index contributed by atoms with van der Waals surface area (Å²) in [5.74, 6) is -0.979. The molecule has 0 bridgehead atoms. The molecule has 0 unspecified atom stereocenters. The monoisotopic (exact) mass is 464 g/mol. The summed E-state index contributed by atoms with van der Waals surface area (Å²) < 4.78 is 38.9. The van der Waals surface area contributed by atoms with E-state index in [1.165, 1.54) is 12.1 Å². The molecule has 2 N–H and O–H groups in total. The minimum atomic E-state index is -4.51. The summed E-state index contributed by atoms with van der Waals surface area (Å²) in [5.41, 5.74) is 1.55. The zero-order chi connectivity index (χ0) is 22.3. The first-order chi connectivity index (χ1) is 14.6. The molecule has 2 aromatic carbocycles. The highest BCUT2D eigenvalue weighted by molar-refractivity contribution is 7.18. The van der Waals surface area contributed by atoms with Gasteiger partial charge in [0.1, 0.15) is 0 Å². The van der Waals surface area contributed by atoms with Gasteiger partial charge in [-0.05, 0) is 53.9 Å². The molecule has 0 saturated heterocycles. The second-order valence-electron chi connectivity index (χ2n) is 7.19. The van der Waals surface area contributed by atoms with Crippen LogP contribution >= 0.6 is 22.9 Å². The van der Waals surface area contributed by atoms with E-state index < -0.39 is 17.6 Å². The number of halogens is 4. The molecule has 4 nitrogen and oxygen atoms in total. The Balaban J connectivity index is 1.68. The van der Waals surface area contributed by atoms with Gasteiger partial charge in [0, 0.05) is 23.0 Å². The van der Waals surface area contributed by atoms with Crippen molar-refractivity contribution in [2.75, 3.05) is 10.6 Å². The number of carbonyl (C=O) groups excluding carboxylic acids is 2. The molecular formula is C22H16ClF3N2O2S. The summed E-state index contributed by atoms with van der Waals surface area (Å²) in [6.45, 7) is 1.77. The first kappa shape index (κ1) is 21.4. The molecule has 0 fully saturated rings. The minimum Gasteiger partial charge on any atom is -0.321 e. The van der Waals surface area contributed by atoms with Gasteiger partial charge in [0.15, 0.2) is 0 Å². The van der Waals surface area contributed by atoms with E-state index in [0.717, 1.165) is 34.6 Å². The van der Waals surface area contributed by atoms with Crippen molar-refractivity contribution < 1.29 is 22.8 Å². The Hall–Kier alpha value is -2.84. The smallest absolute Gasteiger partial charge is 0.321 e. The first-order valence-corrected chi connectivity index (χ1v) is 10.5. The third-order valence-electron chi connectivity index (χ3n) is 5.09. The Kier molecular flexibility index (Phi) is 5.53. The third kappa shape index (κ3) is 4.31. The highest BCUT2D eigenvalue weighted by atomic mass is 35.5. The van der Waals surface area contributed by atoms with E-state index in [9.17, 15) is 22.8 Å². The van der Waals surface area contributed by atoms with Crippen LogP contribution in [0.25, 0.3) is 0 Å². The van der Waals surface area contributed by atoms with Gasteiger partial charge in [0.25, 0.3) is 5.91 Å². The molecule has 0 saturated carbocycles. The van der Waals surface area contributed by atoms with Gasteiger partial charge in [-0.1, -0.05) is 29.8 Å². The maximum atomic E-state index is 13.0. The zero-order valence-corrected chi connectivity index (χ0v) is 17.7. The number of alkyl halides is 3. The van der Waals surface area contributed by atoms with Gasteiger partial charge in [0.2, 0.25) is 5.91 Å². The van der Waals surface area contributed by atoms with Crippen molar-refractivity contribution in [1.82, 2.24) is 0 Å². The lowest BCUT2D eigenvalue weighted by atomic mass is 9.85. The Bertz CT molecular complexity index is 1190. The molecule has 0 spiro atoms. The van der Waals surface area contributed by atoms with E-state index in [-0.39, 0.29) is 23.9 Å². The predicted molar refractivity (Wildman–Crippen MR) is 115 cm³/mol. The molecule has 4 rings (SSSR count). The lowest BCUT2D eigenvalue weighted by molar-refractivity contribution is -0.137. The van der Waals surface area contributed by atoms with Crippen molar-refractivity contribution in [1.29, 1.82) is 0 Å². The van der Waals surface area contributed by atoms with Crippen LogP contribution in [0.1, 0.15) is 44.3 Å². The molecular weight excluding hydrogens is 449 g/mol. The number of benzene rings is 2. The van der Waals surface area contributed by atoms with Gasteiger partial charge in [0.05, 0.1) is 15.4 Å². The molecule has 2 heterocycles. The Morgan fingerprint density at radius 2 is 1.94 bits per heavy atom. The largest absolute Gasteiger partial charge is 0.416 e. The van der Waals surface area contributed by atoms with Gasteiger partial charge >= 0.3 is 6.18 Å². The second-order valence-corrected chi connectivity index (χ2v) is 8.65. The van der Waals surface area contributed by atoms with Crippen LogP contribution in [0.3, 0.4) is 0 Å². The average molecular weight is 465 g/mol. The lowest BCUT2D eigenvalue weighted by Gasteiger charge is -2.24. The first-order valence-electron chi connectivity index (χ1n) is 9.30. The van der Waals surface area contributed by atoms with Crippen LogP contribution in [-0.2, 0) is 11.0 Å². The van der Waals surface area contributed by atoms with Gasteiger partial charge in [-0.3, -0.25) is 9.59 Å². The van der Waals surface area contributed by atoms with E-state index in [1.807, 2.05) is 6.07 Å². The molecule has 1 aromatic heterocycles. The van der Waals surface area contributed by atoms with Crippen LogP contribution in [0.2, 0.25) is 5.02 Å². The van der Waals surface area contributed by atoms with Crippen LogP contribution < -0.4 is 10.6 Å². The molecule has 1 aliphatic rings. The number of amides is 2. The number of nitrogens with one attached hydrogen (secondary N) is 2. The summed E-state index contributed by atoms with van der Waals surface area (Å²) in [6.07, 6.45) is -4.30. The molecule has 3 aromatic rings. The molecule has 0 aliphatic carbocycles. The summed E-state index contributed by atoms with van der Waals surface area (Å²) in [6, 6.07) is 11.7. The number of anilines is 2. The molecule has 31 heavy (non-hydrogen) atoms. The normalized spacial score (nSPS) is 15.9. The van der Waals surface area contributed by atoms with Crippen LogP contribution in [0, 0.1) is 6.92 Å². The Morgan fingerprint density at radius 3 is 2.65 bits per heavy atom. The van der Waals surface area contributed by atoms with Crippen molar-refractivity contribution in [2.45, 2.75) is 25.4 Å². The Morgan fingerprint density at radius 1 is 1.19 bits per heavy atom. The fourth-order valence-corrected chi connectivity index (χ4v) is 5.07. The molecule has 0 radical (unpaired) electrons. The summed E-state index contributed by atoms with van der Waals surface area (Å²) in [7, 11) is 0. The summed E-state index contributed by atoms with van der Waals surface area (Å²) in [4.78, 5) is 25.5. The highest BCUT2D eigenvalue weighted by Gasteiger charge is 2.33. The Labute approximate surface area is 185 Å². The van der Waals surface area contributed by atoms with E-state index in [4.69, 9.17) is 11.6 Å². The number of hydrogen-bond donors (Lipinski definition) is 2. The topological polar surface area (TPSA) is 58.2 Å². The maximum absolute atomic E-state index is 13.0. The van der Waals surface area contributed by atoms with Gasteiger partial charge < -0.3 is 10.6 Å². The molecule has 1 aliphatic heterocycles. The zero-order valence-electron chi connectivity index (χ0n) is 16.1. The number of hydrogen-bond acceptors (Lipinski definition) is 3. The van der Waals surface area contributed by atoms with Crippen molar-refractivity contribution >= 4 is 45.4 Å². The van der Waals surface area contributed by atoms with Crippen LogP contribution in [-0.4, -0.2) is 11.8 Å². The second kappa shape index (κ2) is 8.01. The fourth-order valence-electron chi connectivity index (χ4n) is 3.69. The molecule has 9 heteroatoms. The average Bonchev–Trinajstić information content (AvgIpc) is 3.03. The van der Waals surface area contributed by atoms with Gasteiger partial charge in [-0.2, -0.15) is 13.2 Å². The predicted octanol–water partition coefficient (Wildman–Crippen LogP) is 6.46. The van der Waals surface area contributed by atoms with Crippen molar-refractivity contribution in [3.63, 3.8) is 0 Å². The molecule has 1 atom stereocenters. The maximum Gasteiger partial charge on any atom is 0.416 e. The van der Waals surface area contributed by atoms with Gasteiger partial charge in [-0.15, -0.1) is 11.3 Å². The van der Waals surface area contributed by atoms with Crippen LogP contribution in [0.15, 0.2) is 48.5 Å². The van der Waals surface area contributed by atoms with Crippen molar-refractivity contribution in [3.8, 4) is 0 Å². The number of rotatable bonds is 3. The molecule has 2 amide bonds. The minimum absolute atomic E-state index is 0.0426. The van der Waals surface area contributed by atoms with E-state index in [1.54, 1.807) is 25.1 Å². The van der Waals surface area contributed by atoms with Gasteiger partial charge in [-0.25, -0.2) is 0 Å². The summed E-state index contributed by atoms with van der Waals surface area (Å²) >= 11 is 7.22. The van der Waals surface area contributed by atoms with E-state index >= 15 is 0 Å². The number of carbonyl (C=O) groups is 2.